The molecule has 0 aromatic heterocycles. The minimum absolute atomic E-state index is 0.757. The van der Waals surface area contributed by atoms with Crippen molar-refractivity contribution in [1.82, 2.24) is 5.32 Å². The third-order valence-corrected chi connectivity index (χ3v) is 2.71. The van der Waals surface area contributed by atoms with Gasteiger partial charge in [-0.3, -0.25) is 0 Å². The van der Waals surface area contributed by atoms with E-state index in [0.29, 0.717) is 0 Å². The summed E-state index contributed by atoms with van der Waals surface area (Å²) in [5.41, 5.74) is 4.59. The summed E-state index contributed by atoms with van der Waals surface area (Å²) in [5, 5.41) is 6.39. The maximum absolute atomic E-state index is 5.33. The first-order valence-electron chi connectivity index (χ1n) is 6.32. The molecule has 1 aromatic rings. The van der Waals surface area contributed by atoms with Gasteiger partial charge in [0, 0.05) is 34.4 Å². The Kier molecular flexibility index (Phi) is 4.07. The molecule has 0 atom stereocenters. The zero-order valence-electron chi connectivity index (χ0n) is 11.7. The fourth-order valence-corrected chi connectivity index (χ4v) is 1.91. The molecule has 0 amide bonds. The zero-order chi connectivity index (χ0) is 14.5. The monoisotopic (exact) mass is 263 g/mol. The first-order valence-corrected chi connectivity index (χ1v) is 6.32. The van der Waals surface area contributed by atoms with Crippen LogP contribution in [0.3, 0.4) is 0 Å². The second-order valence-electron chi connectivity index (χ2n) is 4.61. The number of terminal acetylenes is 1. The molecule has 0 saturated carbocycles. The van der Waals surface area contributed by atoms with E-state index in [2.05, 4.69) is 28.1 Å². The molecule has 0 fully saturated rings. The van der Waals surface area contributed by atoms with Crippen LogP contribution in [0.2, 0.25) is 0 Å². The van der Waals surface area contributed by atoms with E-state index in [4.69, 9.17) is 6.42 Å². The van der Waals surface area contributed by atoms with E-state index in [1.807, 2.05) is 50.3 Å². The Balaban J connectivity index is 2.06. The van der Waals surface area contributed by atoms with Crippen molar-refractivity contribution >= 4 is 11.4 Å². The minimum Gasteiger partial charge on any atom is -0.356 e. The molecule has 0 aliphatic carbocycles. The lowest BCUT2D eigenvalue weighted by Crippen LogP contribution is -2.16. The van der Waals surface area contributed by atoms with Crippen molar-refractivity contribution in [2.45, 2.75) is 13.8 Å². The Bertz CT molecular complexity index is 652. The van der Waals surface area contributed by atoms with Gasteiger partial charge in [0.05, 0.1) is 0 Å². The average molecular weight is 263 g/mol. The molecular weight excluding hydrogens is 246 g/mol. The van der Waals surface area contributed by atoms with E-state index in [1.54, 1.807) is 0 Å². The number of hydrogen-bond acceptors (Lipinski definition) is 3. The standard InChI is InChI=1S/C17H17N3/c1-5-15-6-8-16(9-7-15)18-14(4)11-17-19-12(2)10-13(3)20-17/h1,6-11,18-19H,4H2,2-3H3/b17-11-. The van der Waals surface area contributed by atoms with Gasteiger partial charge < -0.3 is 10.6 Å². The highest BCUT2D eigenvalue weighted by atomic mass is 15.1. The average Bonchev–Trinajstić information content (AvgIpc) is 2.38. The summed E-state index contributed by atoms with van der Waals surface area (Å²) < 4.78 is 0. The van der Waals surface area contributed by atoms with Gasteiger partial charge in [-0.25, -0.2) is 4.99 Å². The van der Waals surface area contributed by atoms with E-state index in [0.717, 1.165) is 34.2 Å². The van der Waals surface area contributed by atoms with E-state index in [1.165, 1.54) is 0 Å². The van der Waals surface area contributed by atoms with Crippen molar-refractivity contribution < 1.29 is 0 Å². The van der Waals surface area contributed by atoms with E-state index < -0.39 is 0 Å². The van der Waals surface area contributed by atoms with Crippen LogP contribution in [-0.2, 0) is 0 Å². The summed E-state index contributed by atoms with van der Waals surface area (Å²) in [4.78, 5) is 4.40. The molecule has 3 heteroatoms. The molecule has 3 nitrogen and oxygen atoms in total. The van der Waals surface area contributed by atoms with Crippen LogP contribution in [0, 0.1) is 12.3 Å². The summed E-state index contributed by atoms with van der Waals surface area (Å²) in [5.74, 6) is 3.36. The molecule has 0 bridgehead atoms. The van der Waals surface area contributed by atoms with Crippen LogP contribution in [-0.4, -0.2) is 5.71 Å². The fourth-order valence-electron chi connectivity index (χ4n) is 1.91. The first kappa shape index (κ1) is 13.7. The molecule has 0 spiro atoms. The Labute approximate surface area is 119 Å². The predicted molar refractivity (Wildman–Crippen MR) is 85.2 cm³/mol. The normalized spacial score (nSPS) is 15.8. The van der Waals surface area contributed by atoms with Crippen LogP contribution in [0.25, 0.3) is 0 Å². The summed E-state index contributed by atoms with van der Waals surface area (Å²) in [6.45, 7) is 7.95. The predicted octanol–water partition coefficient (Wildman–Crippen LogP) is 3.40. The van der Waals surface area contributed by atoms with E-state index in [-0.39, 0.29) is 0 Å². The second-order valence-corrected chi connectivity index (χ2v) is 4.61. The van der Waals surface area contributed by atoms with E-state index >= 15 is 0 Å². The lowest BCUT2D eigenvalue weighted by atomic mass is 10.2. The molecule has 1 heterocycles. The molecule has 2 N–H and O–H groups in total. The number of nitrogens with one attached hydrogen (secondary N) is 2. The van der Waals surface area contributed by atoms with Gasteiger partial charge in [-0.05, 0) is 44.2 Å². The summed E-state index contributed by atoms with van der Waals surface area (Å²) >= 11 is 0. The minimum atomic E-state index is 0.757. The van der Waals surface area contributed by atoms with Gasteiger partial charge in [-0.1, -0.05) is 12.5 Å². The molecule has 0 unspecified atom stereocenters. The molecule has 0 saturated heterocycles. The largest absolute Gasteiger partial charge is 0.356 e. The number of hydrogen-bond donors (Lipinski definition) is 2. The molecule has 1 aliphatic heterocycles. The number of aliphatic imine (C=N–C) groups is 1. The van der Waals surface area contributed by atoms with Crippen LogP contribution < -0.4 is 10.6 Å². The Morgan fingerprint density at radius 1 is 1.35 bits per heavy atom. The summed E-state index contributed by atoms with van der Waals surface area (Å²) in [6, 6.07) is 7.62. The molecular formula is C17H17N3. The second kappa shape index (κ2) is 5.94. The molecule has 20 heavy (non-hydrogen) atoms. The van der Waals surface area contributed by atoms with Crippen LogP contribution in [0.5, 0.6) is 0 Å². The van der Waals surface area contributed by atoms with Gasteiger partial charge in [0.1, 0.15) is 5.82 Å². The summed E-state index contributed by atoms with van der Waals surface area (Å²) in [7, 11) is 0. The van der Waals surface area contributed by atoms with Gasteiger partial charge >= 0.3 is 0 Å². The molecule has 1 aromatic carbocycles. The van der Waals surface area contributed by atoms with Crippen LogP contribution in [0.1, 0.15) is 19.4 Å². The zero-order valence-corrected chi connectivity index (χ0v) is 11.7. The SMILES string of the molecule is C#Cc1ccc(NC(=C)/C=C2\N=C(C)C=C(C)N2)cc1. The van der Waals surface area contributed by atoms with Crippen molar-refractivity contribution in [1.29, 1.82) is 0 Å². The maximum Gasteiger partial charge on any atom is 0.132 e. The van der Waals surface area contributed by atoms with Crippen LogP contribution in [0.4, 0.5) is 5.69 Å². The lowest BCUT2D eigenvalue weighted by Gasteiger charge is -2.14. The molecule has 1 aliphatic rings. The first-order chi connectivity index (χ1) is 9.56. The molecule has 2 rings (SSSR count). The van der Waals surface area contributed by atoms with Gasteiger partial charge in [0.25, 0.3) is 0 Å². The number of rotatable bonds is 3. The highest BCUT2D eigenvalue weighted by Gasteiger charge is 2.04. The third-order valence-electron chi connectivity index (χ3n) is 2.71. The smallest absolute Gasteiger partial charge is 0.132 e. The topological polar surface area (TPSA) is 36.4 Å². The van der Waals surface area contributed by atoms with Gasteiger partial charge in [-0.2, -0.15) is 0 Å². The third kappa shape index (κ3) is 3.63. The van der Waals surface area contributed by atoms with E-state index in [9.17, 15) is 0 Å². The van der Waals surface area contributed by atoms with Gasteiger partial charge in [-0.15, -0.1) is 6.42 Å². The van der Waals surface area contributed by atoms with Crippen molar-refractivity contribution in [3.8, 4) is 12.3 Å². The highest BCUT2D eigenvalue weighted by Crippen LogP contribution is 2.13. The van der Waals surface area contributed by atoms with Crippen molar-refractivity contribution in [2.75, 3.05) is 5.32 Å². The quantitative estimate of drug-likeness (QED) is 0.820. The molecule has 0 radical (unpaired) electrons. The number of anilines is 1. The number of allylic oxidation sites excluding steroid dienone is 3. The van der Waals surface area contributed by atoms with Gasteiger partial charge in [0.15, 0.2) is 0 Å². The highest BCUT2D eigenvalue weighted by molar-refractivity contribution is 5.94. The van der Waals surface area contributed by atoms with Crippen molar-refractivity contribution in [3.63, 3.8) is 0 Å². The summed E-state index contributed by atoms with van der Waals surface area (Å²) in [6.07, 6.45) is 9.19. The Hall–Kier alpha value is -2.73. The maximum atomic E-state index is 5.33. The van der Waals surface area contributed by atoms with Gasteiger partial charge in [0.2, 0.25) is 0 Å². The Morgan fingerprint density at radius 3 is 2.65 bits per heavy atom. The lowest BCUT2D eigenvalue weighted by molar-refractivity contribution is 0.930. The van der Waals surface area contributed by atoms with Crippen LogP contribution in [0.15, 0.2) is 65.2 Å². The van der Waals surface area contributed by atoms with Crippen LogP contribution >= 0.6 is 0 Å². The number of benzene rings is 1. The number of nitrogens with zero attached hydrogens (tertiary/aromatic N) is 1. The molecule has 100 valence electrons. The van der Waals surface area contributed by atoms with Crippen molar-refractivity contribution in [3.05, 3.63) is 65.8 Å². The van der Waals surface area contributed by atoms with Crippen molar-refractivity contribution in [2.24, 2.45) is 4.99 Å². The Morgan fingerprint density at radius 2 is 2.05 bits per heavy atom. The fraction of sp³-hybridized carbons (Fsp3) is 0.118.